The minimum Gasteiger partial charge on any atom is -0.508 e. The van der Waals surface area contributed by atoms with Crippen molar-refractivity contribution in [2.24, 2.45) is 0 Å². The molecule has 0 saturated carbocycles. The lowest BCUT2D eigenvalue weighted by Gasteiger charge is -2.06. The smallest absolute Gasteiger partial charge is 0.416 e. The molecule has 1 aliphatic rings. The van der Waals surface area contributed by atoms with Gasteiger partial charge >= 0.3 is 6.18 Å². The minimum absolute atomic E-state index is 0.0256. The third kappa shape index (κ3) is 3.17. The summed E-state index contributed by atoms with van der Waals surface area (Å²) in [4.78, 5) is 12.1. The molecule has 0 radical (unpaired) electrons. The molecule has 0 unspecified atom stereocenters. The van der Waals surface area contributed by atoms with Crippen molar-refractivity contribution >= 4 is 11.9 Å². The number of allylic oxidation sites excluding steroid dienone is 3. The molecule has 0 aromatic heterocycles. The Morgan fingerprint density at radius 3 is 2.62 bits per heavy atom. The zero-order chi connectivity index (χ0) is 17.3. The SMILES string of the molecule is O=C1/C(=C/C=C/c2cccc(C(F)(F)F)c2)Oc2cc(O)ccc21. The number of benzene rings is 2. The monoisotopic (exact) mass is 332 g/mol. The van der Waals surface area contributed by atoms with E-state index in [-0.39, 0.29) is 23.0 Å². The molecule has 3 rings (SSSR count). The fourth-order valence-electron chi connectivity index (χ4n) is 2.26. The predicted molar refractivity (Wildman–Crippen MR) is 81.6 cm³/mol. The number of hydrogen-bond acceptors (Lipinski definition) is 3. The molecule has 0 bridgehead atoms. The van der Waals surface area contributed by atoms with E-state index >= 15 is 0 Å². The van der Waals surface area contributed by atoms with E-state index in [2.05, 4.69) is 0 Å². The van der Waals surface area contributed by atoms with Crippen molar-refractivity contribution < 1.29 is 27.8 Å². The molecule has 0 spiro atoms. The predicted octanol–water partition coefficient (Wildman–Crippen LogP) is 4.58. The summed E-state index contributed by atoms with van der Waals surface area (Å²) < 4.78 is 43.3. The first-order valence-corrected chi connectivity index (χ1v) is 6.96. The average molecular weight is 332 g/mol. The second-order valence-corrected chi connectivity index (χ2v) is 5.12. The number of alkyl halides is 3. The van der Waals surface area contributed by atoms with Crippen LogP contribution in [-0.4, -0.2) is 10.9 Å². The first-order valence-electron chi connectivity index (χ1n) is 6.96. The van der Waals surface area contributed by atoms with Gasteiger partial charge in [-0.3, -0.25) is 4.79 Å². The van der Waals surface area contributed by atoms with Crippen LogP contribution in [0.15, 0.2) is 60.4 Å². The number of carbonyl (C=O) groups is 1. The first-order chi connectivity index (χ1) is 11.3. The Labute approximate surface area is 135 Å². The number of Topliss-reactive ketones (excluding diaryl/α,β-unsaturated/α-hetero) is 1. The fourth-order valence-corrected chi connectivity index (χ4v) is 2.26. The molecule has 1 N–H and O–H groups in total. The number of aromatic hydroxyl groups is 1. The quantitative estimate of drug-likeness (QED) is 0.819. The number of ether oxygens (including phenoxy) is 1. The van der Waals surface area contributed by atoms with E-state index in [9.17, 15) is 23.1 Å². The van der Waals surface area contributed by atoms with Gasteiger partial charge in [0.15, 0.2) is 5.76 Å². The van der Waals surface area contributed by atoms with E-state index in [1.807, 2.05) is 0 Å². The molecule has 0 aliphatic carbocycles. The average Bonchev–Trinajstić information content (AvgIpc) is 2.82. The van der Waals surface area contributed by atoms with E-state index in [1.54, 1.807) is 0 Å². The zero-order valence-electron chi connectivity index (χ0n) is 12.2. The van der Waals surface area contributed by atoms with Crippen LogP contribution < -0.4 is 4.74 Å². The fraction of sp³-hybridized carbons (Fsp3) is 0.0556. The number of carbonyl (C=O) groups excluding carboxylic acids is 1. The molecule has 122 valence electrons. The summed E-state index contributed by atoms with van der Waals surface area (Å²) in [5.74, 6) is -0.0847. The maximum absolute atomic E-state index is 12.7. The van der Waals surface area contributed by atoms with Gasteiger partial charge in [-0.25, -0.2) is 0 Å². The Balaban J connectivity index is 1.80. The van der Waals surface area contributed by atoms with Crippen molar-refractivity contribution in [1.29, 1.82) is 0 Å². The van der Waals surface area contributed by atoms with Crippen molar-refractivity contribution in [1.82, 2.24) is 0 Å². The second kappa shape index (κ2) is 5.88. The number of halogens is 3. The highest BCUT2D eigenvalue weighted by Crippen LogP contribution is 2.33. The Morgan fingerprint density at radius 2 is 1.88 bits per heavy atom. The molecule has 1 aliphatic heterocycles. The standard InChI is InChI=1S/C18H11F3O3/c19-18(20,21)12-5-1-3-11(9-12)4-2-6-15-17(23)14-8-7-13(22)10-16(14)24-15/h1-10,22H/b4-2+,15-6-. The molecule has 1 heterocycles. The van der Waals surface area contributed by atoms with Crippen LogP contribution in [0.1, 0.15) is 21.5 Å². The van der Waals surface area contributed by atoms with Crippen LogP contribution in [0.25, 0.3) is 6.08 Å². The number of rotatable bonds is 2. The molecule has 2 aromatic carbocycles. The van der Waals surface area contributed by atoms with E-state index in [4.69, 9.17) is 4.74 Å². The van der Waals surface area contributed by atoms with Crippen LogP contribution in [-0.2, 0) is 6.18 Å². The number of fused-ring (bicyclic) bond motifs is 1. The molecular weight excluding hydrogens is 321 g/mol. The van der Waals surface area contributed by atoms with Gasteiger partial charge in [0.25, 0.3) is 0 Å². The van der Waals surface area contributed by atoms with Gasteiger partial charge in [-0.15, -0.1) is 0 Å². The van der Waals surface area contributed by atoms with Gasteiger partial charge in [-0.1, -0.05) is 24.3 Å². The minimum atomic E-state index is -4.41. The number of ketones is 1. The van der Waals surface area contributed by atoms with Crippen LogP contribution in [0, 0.1) is 0 Å². The van der Waals surface area contributed by atoms with Gasteiger partial charge in [0, 0.05) is 6.07 Å². The van der Waals surface area contributed by atoms with Crippen molar-refractivity contribution in [3.05, 3.63) is 77.1 Å². The maximum atomic E-state index is 12.7. The van der Waals surface area contributed by atoms with Crippen molar-refractivity contribution in [2.45, 2.75) is 6.18 Å². The lowest BCUT2D eigenvalue weighted by atomic mass is 10.1. The topological polar surface area (TPSA) is 46.5 Å². The van der Waals surface area contributed by atoms with Crippen LogP contribution >= 0.6 is 0 Å². The lowest BCUT2D eigenvalue weighted by molar-refractivity contribution is -0.137. The second-order valence-electron chi connectivity index (χ2n) is 5.12. The van der Waals surface area contributed by atoms with Crippen molar-refractivity contribution in [2.75, 3.05) is 0 Å². The van der Waals surface area contributed by atoms with Crippen LogP contribution in [0.5, 0.6) is 11.5 Å². The van der Waals surface area contributed by atoms with E-state index in [0.717, 1.165) is 12.1 Å². The van der Waals surface area contributed by atoms with Gasteiger partial charge < -0.3 is 9.84 Å². The Hall–Kier alpha value is -3.02. The normalized spacial score (nSPS) is 15.8. The van der Waals surface area contributed by atoms with Gasteiger partial charge in [-0.2, -0.15) is 13.2 Å². The van der Waals surface area contributed by atoms with Crippen molar-refractivity contribution in [3.8, 4) is 11.5 Å². The highest BCUT2D eigenvalue weighted by molar-refractivity contribution is 6.12. The molecule has 2 aromatic rings. The van der Waals surface area contributed by atoms with Gasteiger partial charge in [0.05, 0.1) is 11.1 Å². The van der Waals surface area contributed by atoms with E-state index in [0.29, 0.717) is 11.1 Å². The number of phenols is 1. The summed E-state index contributed by atoms with van der Waals surface area (Å²) in [5.41, 5.74) is -0.0674. The summed E-state index contributed by atoms with van der Waals surface area (Å²) in [6, 6.07) is 8.98. The first kappa shape index (κ1) is 15.9. The van der Waals surface area contributed by atoms with Crippen LogP contribution in [0.3, 0.4) is 0 Å². The van der Waals surface area contributed by atoms with E-state index in [1.165, 1.54) is 48.6 Å². The third-order valence-corrected chi connectivity index (χ3v) is 3.40. The molecule has 0 amide bonds. The lowest BCUT2D eigenvalue weighted by Crippen LogP contribution is -2.04. The molecule has 24 heavy (non-hydrogen) atoms. The zero-order valence-corrected chi connectivity index (χ0v) is 12.2. The largest absolute Gasteiger partial charge is 0.508 e. The molecule has 0 atom stereocenters. The van der Waals surface area contributed by atoms with Gasteiger partial charge in [0.1, 0.15) is 11.5 Å². The Kier molecular flexibility index (Phi) is 3.89. The highest BCUT2D eigenvalue weighted by atomic mass is 19.4. The number of hydrogen-bond donors (Lipinski definition) is 1. The van der Waals surface area contributed by atoms with Gasteiger partial charge in [0.2, 0.25) is 5.78 Å². The third-order valence-electron chi connectivity index (χ3n) is 3.40. The van der Waals surface area contributed by atoms with E-state index < -0.39 is 11.7 Å². The molecule has 0 fully saturated rings. The summed E-state index contributed by atoms with van der Waals surface area (Å²) in [6.07, 6.45) is -0.149. The summed E-state index contributed by atoms with van der Waals surface area (Å²) in [7, 11) is 0. The van der Waals surface area contributed by atoms with Crippen LogP contribution in [0.2, 0.25) is 0 Å². The molecular formula is C18H11F3O3. The molecule has 3 nitrogen and oxygen atoms in total. The number of phenolic OH excluding ortho intramolecular Hbond substituents is 1. The van der Waals surface area contributed by atoms with Crippen LogP contribution in [0.4, 0.5) is 13.2 Å². The van der Waals surface area contributed by atoms with Crippen molar-refractivity contribution in [3.63, 3.8) is 0 Å². The Bertz CT molecular complexity index is 864. The maximum Gasteiger partial charge on any atom is 0.416 e. The highest BCUT2D eigenvalue weighted by Gasteiger charge is 2.30. The summed E-state index contributed by atoms with van der Waals surface area (Å²) in [5, 5.41) is 9.37. The molecule has 6 heteroatoms. The Morgan fingerprint density at radius 1 is 1.08 bits per heavy atom. The summed E-state index contributed by atoms with van der Waals surface area (Å²) >= 11 is 0. The van der Waals surface area contributed by atoms with Gasteiger partial charge in [-0.05, 0) is 35.9 Å². The molecule has 0 saturated heterocycles. The summed E-state index contributed by atoms with van der Waals surface area (Å²) in [6.45, 7) is 0.